The van der Waals surface area contributed by atoms with Crippen molar-refractivity contribution >= 4 is 15.9 Å². The van der Waals surface area contributed by atoms with E-state index in [1.54, 1.807) is 0 Å². The van der Waals surface area contributed by atoms with Crippen molar-refractivity contribution in [2.75, 3.05) is 0 Å². The summed E-state index contributed by atoms with van der Waals surface area (Å²) in [5.41, 5.74) is 7.26. The number of hydrogen-bond acceptors (Lipinski definition) is 1. The molecule has 0 radical (unpaired) electrons. The van der Waals surface area contributed by atoms with E-state index in [0.717, 1.165) is 10.0 Å². The van der Waals surface area contributed by atoms with Crippen LogP contribution in [0, 0.1) is 11.2 Å². The zero-order chi connectivity index (χ0) is 13.2. The van der Waals surface area contributed by atoms with Gasteiger partial charge < -0.3 is 5.73 Å². The summed E-state index contributed by atoms with van der Waals surface area (Å²) < 4.78 is 14.6. The monoisotopic (exact) mass is 313 g/mol. The first-order valence-corrected chi connectivity index (χ1v) is 7.50. The summed E-state index contributed by atoms with van der Waals surface area (Å²) in [6.07, 6.45) is 6.81. The van der Waals surface area contributed by atoms with Crippen molar-refractivity contribution in [1.82, 2.24) is 0 Å². The number of hydrogen-bond donors (Lipinski definition) is 1. The Kier molecular flexibility index (Phi) is 4.44. The van der Waals surface area contributed by atoms with E-state index in [9.17, 15) is 4.39 Å². The minimum absolute atomic E-state index is 0.0495. The Morgan fingerprint density at radius 2 is 2.00 bits per heavy atom. The molecule has 1 aliphatic rings. The zero-order valence-electron chi connectivity index (χ0n) is 10.9. The fourth-order valence-corrected chi connectivity index (χ4v) is 3.23. The minimum atomic E-state index is -0.153. The molecule has 1 nitrogen and oxygen atoms in total. The number of halogens is 2. The Morgan fingerprint density at radius 1 is 1.33 bits per heavy atom. The first-order valence-electron chi connectivity index (χ1n) is 6.71. The molecule has 1 unspecified atom stereocenters. The van der Waals surface area contributed by atoms with Gasteiger partial charge in [0.15, 0.2) is 0 Å². The lowest BCUT2D eigenvalue weighted by molar-refractivity contribution is 0.168. The fourth-order valence-electron chi connectivity index (χ4n) is 2.90. The Hall–Kier alpha value is -0.410. The van der Waals surface area contributed by atoms with Crippen LogP contribution in [0.4, 0.5) is 4.39 Å². The van der Waals surface area contributed by atoms with Crippen molar-refractivity contribution in [3.05, 3.63) is 34.1 Å². The largest absolute Gasteiger partial charge is 0.327 e. The van der Waals surface area contributed by atoms with E-state index in [1.165, 1.54) is 38.2 Å². The van der Waals surface area contributed by atoms with Crippen LogP contribution in [0.15, 0.2) is 22.7 Å². The highest BCUT2D eigenvalue weighted by Gasteiger charge is 2.33. The van der Waals surface area contributed by atoms with E-state index in [0.29, 0.717) is 6.42 Å². The Morgan fingerprint density at radius 3 is 2.61 bits per heavy atom. The molecule has 3 heteroatoms. The molecule has 0 spiro atoms. The van der Waals surface area contributed by atoms with Gasteiger partial charge in [-0.25, -0.2) is 4.39 Å². The Labute approximate surface area is 117 Å². The lowest BCUT2D eigenvalue weighted by Crippen LogP contribution is -2.42. The summed E-state index contributed by atoms with van der Waals surface area (Å²) in [6.45, 7) is 2.26. The molecular formula is C15H21BrFN. The third-order valence-corrected chi connectivity index (χ3v) is 4.84. The molecule has 0 aliphatic heterocycles. The average molecular weight is 314 g/mol. The molecule has 0 saturated heterocycles. The first kappa shape index (κ1) is 14.0. The van der Waals surface area contributed by atoms with Gasteiger partial charge in [-0.1, -0.05) is 48.2 Å². The molecule has 1 atom stereocenters. The molecule has 1 aliphatic carbocycles. The van der Waals surface area contributed by atoms with Gasteiger partial charge in [0.05, 0.1) is 0 Å². The predicted octanol–water partition coefficient (Wildman–Crippen LogP) is 4.43. The Bertz CT molecular complexity index is 413. The topological polar surface area (TPSA) is 26.0 Å². The molecule has 1 saturated carbocycles. The standard InChI is InChI=1S/C15H21BrFN/c1-15(7-3-2-4-8-15)14(18)9-11-5-6-12(16)10-13(11)17/h5-6,10,14H,2-4,7-9,18H2,1H3. The van der Waals surface area contributed by atoms with Gasteiger partial charge in [0, 0.05) is 10.5 Å². The van der Waals surface area contributed by atoms with E-state index in [2.05, 4.69) is 22.9 Å². The molecule has 2 rings (SSSR count). The van der Waals surface area contributed by atoms with Crippen LogP contribution < -0.4 is 5.73 Å². The Balaban J connectivity index is 2.08. The predicted molar refractivity (Wildman–Crippen MR) is 77.0 cm³/mol. The third kappa shape index (κ3) is 3.12. The van der Waals surface area contributed by atoms with Gasteiger partial charge in [-0.05, 0) is 42.4 Å². The van der Waals surface area contributed by atoms with E-state index >= 15 is 0 Å². The third-order valence-electron chi connectivity index (χ3n) is 4.35. The van der Waals surface area contributed by atoms with Crippen molar-refractivity contribution in [3.63, 3.8) is 0 Å². The summed E-state index contributed by atoms with van der Waals surface area (Å²) >= 11 is 3.28. The van der Waals surface area contributed by atoms with Crippen LogP contribution in [0.3, 0.4) is 0 Å². The summed E-state index contributed by atoms with van der Waals surface area (Å²) in [5.74, 6) is -0.153. The van der Waals surface area contributed by atoms with Crippen LogP contribution in [0.5, 0.6) is 0 Å². The molecule has 0 bridgehead atoms. The van der Waals surface area contributed by atoms with E-state index in [4.69, 9.17) is 5.73 Å². The maximum absolute atomic E-state index is 13.8. The number of benzene rings is 1. The molecule has 1 aromatic rings. The molecule has 0 amide bonds. The zero-order valence-corrected chi connectivity index (χ0v) is 12.5. The molecule has 18 heavy (non-hydrogen) atoms. The summed E-state index contributed by atoms with van der Waals surface area (Å²) in [6, 6.07) is 5.29. The van der Waals surface area contributed by atoms with Gasteiger partial charge in [-0.15, -0.1) is 0 Å². The van der Waals surface area contributed by atoms with Crippen LogP contribution in [0.25, 0.3) is 0 Å². The van der Waals surface area contributed by atoms with E-state index < -0.39 is 0 Å². The lowest BCUT2D eigenvalue weighted by atomic mass is 9.69. The summed E-state index contributed by atoms with van der Waals surface area (Å²) in [4.78, 5) is 0. The van der Waals surface area contributed by atoms with Crippen molar-refractivity contribution < 1.29 is 4.39 Å². The lowest BCUT2D eigenvalue weighted by Gasteiger charge is -2.39. The second kappa shape index (κ2) is 5.70. The molecule has 1 aromatic carbocycles. The quantitative estimate of drug-likeness (QED) is 0.877. The summed E-state index contributed by atoms with van der Waals surface area (Å²) in [7, 11) is 0. The van der Waals surface area contributed by atoms with Gasteiger partial charge in [-0.2, -0.15) is 0 Å². The van der Waals surface area contributed by atoms with Crippen molar-refractivity contribution in [1.29, 1.82) is 0 Å². The van der Waals surface area contributed by atoms with Gasteiger partial charge in [0.1, 0.15) is 5.82 Å². The maximum atomic E-state index is 13.8. The molecule has 2 N–H and O–H groups in total. The van der Waals surface area contributed by atoms with Crippen molar-refractivity contribution in [3.8, 4) is 0 Å². The maximum Gasteiger partial charge on any atom is 0.127 e. The molecule has 100 valence electrons. The van der Waals surface area contributed by atoms with Crippen LogP contribution in [-0.2, 0) is 6.42 Å². The second-order valence-corrected chi connectivity index (χ2v) is 6.68. The first-order chi connectivity index (χ1) is 8.51. The smallest absolute Gasteiger partial charge is 0.127 e. The SMILES string of the molecule is CC1(C(N)Cc2ccc(Br)cc2F)CCCCC1. The van der Waals surface area contributed by atoms with Crippen molar-refractivity contribution in [2.45, 2.75) is 51.5 Å². The summed E-state index contributed by atoms with van der Waals surface area (Å²) in [5, 5.41) is 0. The molecule has 0 heterocycles. The second-order valence-electron chi connectivity index (χ2n) is 5.76. The van der Waals surface area contributed by atoms with Crippen LogP contribution >= 0.6 is 15.9 Å². The highest BCUT2D eigenvalue weighted by molar-refractivity contribution is 9.10. The van der Waals surface area contributed by atoms with Gasteiger partial charge in [-0.3, -0.25) is 0 Å². The van der Waals surface area contributed by atoms with Crippen molar-refractivity contribution in [2.24, 2.45) is 11.1 Å². The molecule has 1 fully saturated rings. The van der Waals surface area contributed by atoms with Crippen LogP contribution in [0.1, 0.15) is 44.6 Å². The highest BCUT2D eigenvalue weighted by atomic mass is 79.9. The minimum Gasteiger partial charge on any atom is -0.327 e. The van der Waals surface area contributed by atoms with Gasteiger partial charge in [0.2, 0.25) is 0 Å². The van der Waals surface area contributed by atoms with Crippen LogP contribution in [0.2, 0.25) is 0 Å². The van der Waals surface area contributed by atoms with Gasteiger partial charge in [0.25, 0.3) is 0 Å². The van der Waals surface area contributed by atoms with E-state index in [-0.39, 0.29) is 17.3 Å². The number of nitrogens with two attached hydrogens (primary N) is 1. The fraction of sp³-hybridized carbons (Fsp3) is 0.600. The van der Waals surface area contributed by atoms with Crippen LogP contribution in [-0.4, -0.2) is 6.04 Å². The number of rotatable bonds is 3. The normalized spacial score (nSPS) is 20.7. The highest BCUT2D eigenvalue weighted by Crippen LogP contribution is 2.39. The molecule has 0 aromatic heterocycles. The molecular weight excluding hydrogens is 293 g/mol. The average Bonchev–Trinajstić information content (AvgIpc) is 2.33. The van der Waals surface area contributed by atoms with Gasteiger partial charge >= 0.3 is 0 Å². The van der Waals surface area contributed by atoms with E-state index in [1.807, 2.05) is 12.1 Å².